The van der Waals surface area contributed by atoms with E-state index in [1.807, 2.05) is 33.3 Å². The van der Waals surface area contributed by atoms with Gasteiger partial charge in [-0.05, 0) is 122 Å². The molecule has 0 spiro atoms. The molecule has 3 atom stereocenters. The van der Waals surface area contributed by atoms with Gasteiger partial charge in [0.25, 0.3) is 7.82 Å². The average molecular weight is 1120 g/mol. The molecule has 0 fully saturated rings. The molecule has 0 saturated heterocycles. The van der Waals surface area contributed by atoms with Crippen LogP contribution in [0.2, 0.25) is 0 Å². The van der Waals surface area contributed by atoms with Gasteiger partial charge < -0.3 is 28.5 Å². The van der Waals surface area contributed by atoms with Crippen molar-refractivity contribution in [1.82, 2.24) is 5.32 Å². The second-order valence-corrected chi connectivity index (χ2v) is 23.6. The first kappa shape index (κ1) is 75.4. The fraction of sp³-hybridized carbons (Fsp3) is 0.681. The number of phosphoric acid groups is 1. The van der Waals surface area contributed by atoms with Gasteiger partial charge in [0.2, 0.25) is 5.91 Å². The Hall–Kier alpha value is -3.59. The maximum absolute atomic E-state index is 13.5. The summed E-state index contributed by atoms with van der Waals surface area (Å²) in [6.45, 7) is 6.65. The number of allylic oxidation sites excluding steroid dienone is 19. The third kappa shape index (κ3) is 58.9. The molecule has 0 aromatic carbocycles. The van der Waals surface area contributed by atoms with Crippen LogP contribution in [-0.2, 0) is 27.9 Å². The Balaban J connectivity index is 5.23. The molecule has 0 saturated carbocycles. The van der Waals surface area contributed by atoms with Gasteiger partial charge in [-0.15, -0.1) is 0 Å². The van der Waals surface area contributed by atoms with Crippen LogP contribution in [0, 0.1) is 0 Å². The van der Waals surface area contributed by atoms with E-state index in [0.29, 0.717) is 23.9 Å². The molecule has 0 aromatic rings. The molecule has 0 bridgehead atoms. The van der Waals surface area contributed by atoms with Gasteiger partial charge in [-0.1, -0.05) is 239 Å². The van der Waals surface area contributed by atoms with Gasteiger partial charge in [0.15, 0.2) is 0 Å². The largest absolute Gasteiger partial charge is 0.756 e. The highest BCUT2D eigenvalue weighted by Crippen LogP contribution is 2.38. The summed E-state index contributed by atoms with van der Waals surface area (Å²) in [6, 6.07) is -0.914. The number of rotatable bonds is 56. The zero-order valence-corrected chi connectivity index (χ0v) is 52.4. The minimum atomic E-state index is -4.72. The summed E-state index contributed by atoms with van der Waals surface area (Å²) < 4.78 is 30.3. The monoisotopic (exact) mass is 1120 g/mol. The number of nitrogens with zero attached hydrogens (tertiary/aromatic N) is 1. The molecule has 0 heterocycles. The number of unbranched alkanes of at least 4 members (excludes halogenated alkanes) is 22. The lowest BCUT2D eigenvalue weighted by atomic mass is 10.1. The number of hydrogen-bond donors (Lipinski definition) is 1. The molecule has 0 radical (unpaired) electrons. The molecule has 79 heavy (non-hydrogen) atoms. The number of carbonyl (C=O) groups is 2. The van der Waals surface area contributed by atoms with Crippen LogP contribution in [0.3, 0.4) is 0 Å². The fourth-order valence-corrected chi connectivity index (χ4v) is 9.19. The first-order valence-corrected chi connectivity index (χ1v) is 33.3. The molecule has 10 heteroatoms. The third-order valence-electron chi connectivity index (χ3n) is 13.4. The molecule has 0 rings (SSSR count). The summed E-state index contributed by atoms with van der Waals surface area (Å²) in [5.41, 5.74) is 0. The maximum Gasteiger partial charge on any atom is 0.306 e. The van der Waals surface area contributed by atoms with E-state index >= 15 is 0 Å². The highest BCUT2D eigenvalue weighted by Gasteiger charge is 2.27. The number of likely N-dealkylation sites (N-methyl/N-ethyl adjacent to an activating group) is 1. The van der Waals surface area contributed by atoms with Gasteiger partial charge in [-0.3, -0.25) is 14.2 Å². The van der Waals surface area contributed by atoms with Crippen molar-refractivity contribution in [2.45, 2.75) is 264 Å². The van der Waals surface area contributed by atoms with Crippen molar-refractivity contribution in [2.24, 2.45) is 0 Å². The van der Waals surface area contributed by atoms with Gasteiger partial charge in [-0.2, -0.15) is 0 Å². The molecule has 9 nitrogen and oxygen atoms in total. The SMILES string of the molecule is CC/C=C\C/C=C\C/C=C\C/C=C\C/C=C\C/C=C\CCCCCCCCC(=O)NC(COP(=O)([O-])OCC[N+](C)(C)C)C(/C=C\CCCCCCCCCCC)OC(=O)CCCCCC/C=C\C/C=C\C/C=C\CCCCC. The fourth-order valence-electron chi connectivity index (χ4n) is 8.47. The molecular weight excluding hydrogens is 1000 g/mol. The first-order valence-electron chi connectivity index (χ1n) is 31.8. The number of amides is 1. The summed E-state index contributed by atoms with van der Waals surface area (Å²) >= 11 is 0. The van der Waals surface area contributed by atoms with E-state index in [-0.39, 0.29) is 31.3 Å². The van der Waals surface area contributed by atoms with Crippen molar-refractivity contribution in [3.63, 3.8) is 0 Å². The van der Waals surface area contributed by atoms with Crippen molar-refractivity contribution in [3.05, 3.63) is 122 Å². The number of carbonyl (C=O) groups excluding carboxylic acids is 2. The average Bonchev–Trinajstić information content (AvgIpc) is 3.41. The lowest BCUT2D eigenvalue weighted by Gasteiger charge is -2.30. The van der Waals surface area contributed by atoms with Crippen molar-refractivity contribution in [3.8, 4) is 0 Å². The summed E-state index contributed by atoms with van der Waals surface area (Å²) in [5.74, 6) is -0.591. The number of hydrogen-bond acceptors (Lipinski definition) is 7. The van der Waals surface area contributed by atoms with E-state index in [4.69, 9.17) is 13.8 Å². The van der Waals surface area contributed by atoms with Gasteiger partial charge >= 0.3 is 5.97 Å². The first-order chi connectivity index (χ1) is 38.4. The lowest BCUT2D eigenvalue weighted by molar-refractivity contribution is -0.870. The standard InChI is InChI=1S/C69H119N2O7P/c1-7-10-13-16-19-22-25-27-29-31-32-33-34-35-36-37-38-40-41-43-46-49-52-55-58-61-68(72)70-66(65-77-79(74,75)76-64-63-71(4,5)6)67(60-57-54-51-48-45-24-21-18-15-12-9-3)78-69(73)62-59-56-53-50-47-44-42-39-30-28-26-23-20-17-14-11-8-2/h10,13,19-20,22-23,27-30,32-33,35-36,38,40,42,44,57,60,66-67H,7-9,11-12,14-18,21,24-26,31,34,37,39,41,43,45-56,58-59,61-65H2,1-6H3,(H-,70,72,74,75)/b13-10-,22-19-,23-20-,29-27-,30-28-,33-32-,36-35-,40-38-,44-42-,60-57-. The van der Waals surface area contributed by atoms with Crippen LogP contribution in [0.5, 0.6) is 0 Å². The minimum absolute atomic E-state index is 0.0359. The van der Waals surface area contributed by atoms with Crippen LogP contribution < -0.4 is 10.2 Å². The van der Waals surface area contributed by atoms with Gasteiger partial charge in [-0.25, -0.2) is 0 Å². The maximum atomic E-state index is 13.5. The van der Waals surface area contributed by atoms with Crippen LogP contribution >= 0.6 is 7.82 Å². The Morgan fingerprint density at radius 2 is 0.810 bits per heavy atom. The zero-order valence-electron chi connectivity index (χ0n) is 51.5. The smallest absolute Gasteiger partial charge is 0.306 e. The number of phosphoric ester groups is 1. The second kappa shape index (κ2) is 57.6. The van der Waals surface area contributed by atoms with E-state index < -0.39 is 26.6 Å². The summed E-state index contributed by atoms with van der Waals surface area (Å²) in [7, 11) is 1.14. The predicted octanol–water partition coefficient (Wildman–Crippen LogP) is 19.3. The number of nitrogens with one attached hydrogen (secondary N) is 1. The molecule has 452 valence electrons. The lowest BCUT2D eigenvalue weighted by Crippen LogP contribution is -2.47. The summed E-state index contributed by atoms with van der Waals surface area (Å²) in [4.78, 5) is 40.0. The Bertz CT molecular complexity index is 1770. The van der Waals surface area contributed by atoms with E-state index in [1.54, 1.807) is 0 Å². The number of quaternary nitrogens is 1. The van der Waals surface area contributed by atoms with Gasteiger partial charge in [0, 0.05) is 12.8 Å². The van der Waals surface area contributed by atoms with Gasteiger partial charge in [0.05, 0.1) is 33.8 Å². The van der Waals surface area contributed by atoms with Crippen LogP contribution in [0.4, 0.5) is 0 Å². The van der Waals surface area contributed by atoms with Crippen LogP contribution in [0.15, 0.2) is 122 Å². The molecular formula is C69H119N2O7P. The molecule has 0 aliphatic heterocycles. The quantitative estimate of drug-likeness (QED) is 0.0212. The van der Waals surface area contributed by atoms with Crippen molar-refractivity contribution in [2.75, 3.05) is 40.9 Å². The van der Waals surface area contributed by atoms with E-state index in [1.165, 1.54) is 70.6 Å². The molecule has 3 unspecified atom stereocenters. The zero-order chi connectivity index (χ0) is 57.9. The summed E-state index contributed by atoms with van der Waals surface area (Å²) in [5, 5.41) is 3.01. The van der Waals surface area contributed by atoms with Crippen molar-refractivity contribution in [1.29, 1.82) is 0 Å². The Morgan fingerprint density at radius 3 is 1.24 bits per heavy atom. The molecule has 0 aromatic heterocycles. The predicted molar refractivity (Wildman–Crippen MR) is 339 cm³/mol. The Kier molecular flexibility index (Phi) is 55.0. The highest BCUT2D eigenvalue weighted by atomic mass is 31.2. The van der Waals surface area contributed by atoms with Crippen LogP contribution in [0.1, 0.15) is 252 Å². The molecule has 1 N–H and O–H groups in total. The Morgan fingerprint density at radius 1 is 0.456 bits per heavy atom. The molecule has 0 aliphatic rings. The molecule has 0 aliphatic carbocycles. The second-order valence-electron chi connectivity index (χ2n) is 22.2. The highest BCUT2D eigenvalue weighted by molar-refractivity contribution is 7.45. The van der Waals surface area contributed by atoms with E-state index in [9.17, 15) is 19.0 Å². The van der Waals surface area contributed by atoms with Crippen LogP contribution in [0.25, 0.3) is 0 Å². The molecule has 1 amide bonds. The minimum Gasteiger partial charge on any atom is -0.756 e. The third-order valence-corrected chi connectivity index (χ3v) is 14.3. The van der Waals surface area contributed by atoms with Crippen molar-refractivity contribution < 1.29 is 37.3 Å². The topological polar surface area (TPSA) is 114 Å². The van der Waals surface area contributed by atoms with Gasteiger partial charge in [0.1, 0.15) is 19.3 Å². The van der Waals surface area contributed by atoms with E-state index in [0.717, 1.165) is 135 Å². The van der Waals surface area contributed by atoms with Crippen LogP contribution in [-0.4, -0.2) is 69.4 Å². The number of esters is 1. The normalized spacial score (nSPS) is 14.5. The van der Waals surface area contributed by atoms with Crippen molar-refractivity contribution >= 4 is 19.7 Å². The van der Waals surface area contributed by atoms with E-state index in [2.05, 4.69) is 135 Å². The Labute approximate surface area is 486 Å². The summed E-state index contributed by atoms with van der Waals surface area (Å²) in [6.07, 6.45) is 80.2. The number of ether oxygens (including phenoxy) is 1.